The number of piperazine rings is 1. The summed E-state index contributed by atoms with van der Waals surface area (Å²) in [5, 5.41) is 14.0. The Labute approximate surface area is 180 Å². The first-order chi connectivity index (χ1) is 12.6. The van der Waals surface area contributed by atoms with E-state index in [1.54, 1.807) is 7.11 Å². The van der Waals surface area contributed by atoms with Crippen molar-refractivity contribution in [1.82, 2.24) is 10.2 Å². The average Bonchev–Trinajstić information content (AvgIpc) is 3.12. The van der Waals surface area contributed by atoms with Gasteiger partial charge in [0.1, 0.15) is 5.75 Å². The number of rotatable bonds is 5. The maximum atomic E-state index is 10.6. The summed E-state index contributed by atoms with van der Waals surface area (Å²) in [6, 6.07) is 8.23. The van der Waals surface area contributed by atoms with E-state index in [2.05, 4.69) is 34.2 Å². The van der Waals surface area contributed by atoms with Gasteiger partial charge < -0.3 is 25.0 Å². The zero-order valence-electron chi connectivity index (χ0n) is 16.5. The quantitative estimate of drug-likeness (QED) is 0.379. The monoisotopic (exact) mass is 488 g/mol. The van der Waals surface area contributed by atoms with E-state index in [0.29, 0.717) is 6.54 Å². The summed E-state index contributed by atoms with van der Waals surface area (Å²) in [6.07, 6.45) is 3.97. The van der Waals surface area contributed by atoms with Crippen molar-refractivity contribution in [3.8, 4) is 5.75 Å². The first-order valence-electron chi connectivity index (χ1n) is 9.78. The molecule has 0 aromatic heterocycles. The van der Waals surface area contributed by atoms with Crippen LogP contribution in [0.2, 0.25) is 0 Å². The summed E-state index contributed by atoms with van der Waals surface area (Å²) in [6.45, 7) is 7.16. The van der Waals surface area contributed by atoms with Crippen molar-refractivity contribution < 1.29 is 9.84 Å². The smallest absolute Gasteiger partial charge is 0.194 e. The van der Waals surface area contributed by atoms with Crippen molar-refractivity contribution in [3.05, 3.63) is 24.3 Å². The van der Waals surface area contributed by atoms with Crippen LogP contribution in [0.3, 0.4) is 0 Å². The van der Waals surface area contributed by atoms with Crippen LogP contribution in [-0.4, -0.2) is 67.9 Å². The molecule has 2 fully saturated rings. The molecular formula is C20H33IN4O2. The Hall–Kier alpha value is -1.22. The van der Waals surface area contributed by atoms with E-state index in [9.17, 15) is 5.11 Å². The van der Waals surface area contributed by atoms with Crippen LogP contribution in [0.1, 0.15) is 32.6 Å². The van der Waals surface area contributed by atoms with E-state index >= 15 is 0 Å². The fraction of sp³-hybridized carbons (Fsp3) is 0.650. The number of guanidine groups is 1. The highest BCUT2D eigenvalue weighted by Crippen LogP contribution is 2.29. The van der Waals surface area contributed by atoms with Crippen molar-refractivity contribution in [2.75, 3.05) is 51.3 Å². The lowest BCUT2D eigenvalue weighted by atomic mass is 10.0. The summed E-state index contributed by atoms with van der Waals surface area (Å²) in [5.74, 6) is 1.82. The van der Waals surface area contributed by atoms with Crippen LogP contribution in [0, 0.1) is 0 Å². The second kappa shape index (κ2) is 10.4. The molecule has 1 saturated carbocycles. The van der Waals surface area contributed by atoms with Crippen LogP contribution in [0.25, 0.3) is 0 Å². The summed E-state index contributed by atoms with van der Waals surface area (Å²) in [7, 11) is 1.70. The highest BCUT2D eigenvalue weighted by Gasteiger charge is 2.31. The van der Waals surface area contributed by atoms with E-state index < -0.39 is 5.60 Å². The van der Waals surface area contributed by atoms with Crippen molar-refractivity contribution >= 4 is 35.6 Å². The van der Waals surface area contributed by atoms with E-state index in [1.807, 2.05) is 12.1 Å². The highest BCUT2D eigenvalue weighted by molar-refractivity contribution is 14.0. The van der Waals surface area contributed by atoms with Crippen molar-refractivity contribution in [2.24, 2.45) is 4.99 Å². The lowest BCUT2D eigenvalue weighted by Gasteiger charge is -2.38. The molecule has 0 amide bonds. The molecule has 27 heavy (non-hydrogen) atoms. The predicted octanol–water partition coefficient (Wildman–Crippen LogP) is 2.71. The SMILES string of the molecule is CCNC(=NCC1(O)CCCC1)N1CCN(c2cccc(OC)c2)CC1.I. The van der Waals surface area contributed by atoms with Gasteiger partial charge in [0.2, 0.25) is 0 Å². The summed E-state index contributed by atoms with van der Waals surface area (Å²) < 4.78 is 5.34. The Balaban J connectivity index is 0.00000261. The Kier molecular flexibility index (Phi) is 8.47. The minimum atomic E-state index is -0.594. The molecule has 1 aliphatic heterocycles. The number of methoxy groups -OCH3 is 1. The normalized spacial score (nSPS) is 19.6. The predicted molar refractivity (Wildman–Crippen MR) is 122 cm³/mol. The number of halogens is 1. The molecule has 3 rings (SSSR count). The molecule has 152 valence electrons. The maximum Gasteiger partial charge on any atom is 0.194 e. The van der Waals surface area contributed by atoms with Gasteiger partial charge >= 0.3 is 0 Å². The lowest BCUT2D eigenvalue weighted by Crippen LogP contribution is -2.53. The number of ether oxygens (including phenoxy) is 1. The van der Waals surface area contributed by atoms with Gasteiger partial charge in [-0.1, -0.05) is 18.9 Å². The molecule has 0 bridgehead atoms. The standard InChI is InChI=1S/C20H32N4O2.HI/c1-3-21-19(22-16-20(25)9-4-5-10-20)24-13-11-23(12-14-24)17-7-6-8-18(15-17)26-2;/h6-8,15,25H,3-5,9-14,16H2,1-2H3,(H,21,22);1H. The van der Waals surface area contributed by atoms with Gasteiger partial charge in [0, 0.05) is 44.5 Å². The Morgan fingerprint density at radius 3 is 2.56 bits per heavy atom. The van der Waals surface area contributed by atoms with Gasteiger partial charge in [-0.2, -0.15) is 0 Å². The summed E-state index contributed by atoms with van der Waals surface area (Å²) in [4.78, 5) is 9.45. The van der Waals surface area contributed by atoms with Crippen LogP contribution in [0.15, 0.2) is 29.3 Å². The van der Waals surface area contributed by atoms with Crippen molar-refractivity contribution in [2.45, 2.75) is 38.2 Å². The fourth-order valence-electron chi connectivity index (χ4n) is 3.82. The molecule has 0 atom stereocenters. The van der Waals surface area contributed by atoms with E-state index in [-0.39, 0.29) is 24.0 Å². The maximum absolute atomic E-state index is 10.6. The largest absolute Gasteiger partial charge is 0.497 e. The van der Waals surface area contributed by atoms with Gasteiger partial charge in [-0.05, 0) is 31.9 Å². The molecule has 0 spiro atoms. The molecule has 7 heteroatoms. The first kappa shape index (κ1) is 22.1. The molecular weight excluding hydrogens is 455 g/mol. The summed E-state index contributed by atoms with van der Waals surface area (Å²) in [5.41, 5.74) is 0.606. The van der Waals surface area contributed by atoms with Gasteiger partial charge in [0.25, 0.3) is 0 Å². The van der Waals surface area contributed by atoms with Crippen LogP contribution in [-0.2, 0) is 0 Å². The van der Waals surface area contributed by atoms with Crippen LogP contribution >= 0.6 is 24.0 Å². The topological polar surface area (TPSA) is 60.3 Å². The second-order valence-electron chi connectivity index (χ2n) is 7.28. The molecule has 1 saturated heterocycles. The number of aliphatic imine (C=N–C) groups is 1. The zero-order chi connectivity index (χ0) is 18.4. The van der Waals surface area contributed by atoms with Crippen LogP contribution < -0.4 is 15.0 Å². The average molecular weight is 488 g/mol. The first-order valence-corrected chi connectivity index (χ1v) is 9.78. The van der Waals surface area contributed by atoms with Gasteiger partial charge in [0.15, 0.2) is 5.96 Å². The Morgan fingerprint density at radius 2 is 1.93 bits per heavy atom. The molecule has 0 radical (unpaired) electrons. The van der Waals surface area contributed by atoms with Crippen LogP contribution in [0.5, 0.6) is 5.75 Å². The van der Waals surface area contributed by atoms with Crippen molar-refractivity contribution in [3.63, 3.8) is 0 Å². The minimum Gasteiger partial charge on any atom is -0.497 e. The van der Waals surface area contributed by atoms with E-state index in [1.165, 1.54) is 5.69 Å². The molecule has 1 aromatic rings. The van der Waals surface area contributed by atoms with Gasteiger partial charge in [-0.3, -0.25) is 4.99 Å². The number of hydrogen-bond acceptors (Lipinski definition) is 4. The van der Waals surface area contributed by atoms with Crippen molar-refractivity contribution in [1.29, 1.82) is 0 Å². The molecule has 1 aliphatic carbocycles. The van der Waals surface area contributed by atoms with E-state index in [4.69, 9.17) is 9.73 Å². The number of hydrogen-bond donors (Lipinski definition) is 2. The third-order valence-electron chi connectivity index (χ3n) is 5.39. The zero-order valence-corrected chi connectivity index (χ0v) is 18.8. The third-order valence-corrected chi connectivity index (χ3v) is 5.39. The number of aliphatic hydroxyl groups is 1. The Bertz CT molecular complexity index is 612. The van der Waals surface area contributed by atoms with Gasteiger partial charge in [0.05, 0.1) is 19.3 Å². The number of nitrogens with zero attached hydrogens (tertiary/aromatic N) is 3. The Morgan fingerprint density at radius 1 is 1.22 bits per heavy atom. The lowest BCUT2D eigenvalue weighted by molar-refractivity contribution is 0.0571. The minimum absolute atomic E-state index is 0. The molecule has 2 N–H and O–H groups in total. The third kappa shape index (κ3) is 5.88. The highest BCUT2D eigenvalue weighted by atomic mass is 127. The molecule has 6 nitrogen and oxygen atoms in total. The number of nitrogens with one attached hydrogen (secondary N) is 1. The second-order valence-corrected chi connectivity index (χ2v) is 7.28. The number of benzene rings is 1. The van der Waals surface area contributed by atoms with Gasteiger partial charge in [-0.15, -0.1) is 24.0 Å². The summed E-state index contributed by atoms with van der Waals surface area (Å²) >= 11 is 0. The van der Waals surface area contributed by atoms with Gasteiger partial charge in [-0.25, -0.2) is 0 Å². The van der Waals surface area contributed by atoms with E-state index in [0.717, 1.165) is 70.1 Å². The van der Waals surface area contributed by atoms with Crippen LogP contribution in [0.4, 0.5) is 5.69 Å². The fourth-order valence-corrected chi connectivity index (χ4v) is 3.82. The molecule has 1 aromatic carbocycles. The molecule has 2 aliphatic rings. The number of anilines is 1. The molecule has 0 unspecified atom stereocenters. The molecule has 1 heterocycles.